The first-order valence-electron chi connectivity index (χ1n) is 8.40. The van der Waals surface area contributed by atoms with Crippen molar-refractivity contribution < 1.29 is 9.59 Å². The zero-order valence-corrected chi connectivity index (χ0v) is 13.4. The number of carbonyl (C=O) groups is 2. The summed E-state index contributed by atoms with van der Waals surface area (Å²) in [5.41, 5.74) is 2.60. The van der Waals surface area contributed by atoms with Gasteiger partial charge in [0.2, 0.25) is 5.91 Å². The van der Waals surface area contributed by atoms with Crippen LogP contribution in [0.1, 0.15) is 41.2 Å². The summed E-state index contributed by atoms with van der Waals surface area (Å²) >= 11 is 0. The zero-order chi connectivity index (χ0) is 16.5. The van der Waals surface area contributed by atoms with Gasteiger partial charge < -0.3 is 14.8 Å². The number of nitrogens with one attached hydrogen (secondary N) is 1. The molecule has 0 aliphatic carbocycles. The van der Waals surface area contributed by atoms with Crippen LogP contribution in [0.25, 0.3) is 0 Å². The van der Waals surface area contributed by atoms with Gasteiger partial charge in [-0.15, -0.1) is 0 Å². The molecular weight excluding hydrogens is 304 g/mol. The number of rotatable bonds is 2. The van der Waals surface area contributed by atoms with E-state index < -0.39 is 0 Å². The van der Waals surface area contributed by atoms with Crippen LogP contribution in [-0.2, 0) is 11.2 Å². The molecule has 2 aliphatic heterocycles. The largest absolute Gasteiger partial charge is 0.338 e. The maximum absolute atomic E-state index is 12.8. The van der Waals surface area contributed by atoms with Crippen LogP contribution in [-0.4, -0.2) is 39.4 Å². The monoisotopic (exact) mass is 324 g/mol. The Morgan fingerprint density at radius 1 is 1.21 bits per heavy atom. The van der Waals surface area contributed by atoms with E-state index in [1.807, 2.05) is 35.6 Å². The predicted octanol–water partition coefficient (Wildman–Crippen LogP) is 2.25. The molecular formula is C18H20N4O2. The van der Waals surface area contributed by atoms with Gasteiger partial charge in [0.1, 0.15) is 0 Å². The van der Waals surface area contributed by atoms with E-state index in [1.165, 1.54) is 0 Å². The number of amides is 2. The second-order valence-electron chi connectivity index (χ2n) is 6.45. The van der Waals surface area contributed by atoms with Crippen molar-refractivity contribution >= 4 is 17.5 Å². The normalized spacial score (nSPS) is 18.2. The quantitative estimate of drug-likeness (QED) is 0.921. The lowest BCUT2D eigenvalue weighted by Crippen LogP contribution is -2.39. The fourth-order valence-corrected chi connectivity index (χ4v) is 3.55. The summed E-state index contributed by atoms with van der Waals surface area (Å²) in [6, 6.07) is 6.02. The minimum Gasteiger partial charge on any atom is -0.338 e. The molecule has 1 saturated heterocycles. The number of benzene rings is 1. The molecule has 0 saturated carbocycles. The van der Waals surface area contributed by atoms with Crippen LogP contribution in [0.5, 0.6) is 0 Å². The summed E-state index contributed by atoms with van der Waals surface area (Å²) in [4.78, 5) is 30.2. The van der Waals surface area contributed by atoms with Crippen molar-refractivity contribution in [1.29, 1.82) is 0 Å². The van der Waals surface area contributed by atoms with E-state index in [9.17, 15) is 9.59 Å². The number of imidazole rings is 1. The molecule has 0 spiro atoms. The van der Waals surface area contributed by atoms with E-state index in [1.54, 1.807) is 6.20 Å². The predicted molar refractivity (Wildman–Crippen MR) is 89.8 cm³/mol. The number of nitrogens with zero attached hydrogens (tertiary/aromatic N) is 3. The standard InChI is InChI=1S/C18H20N4O2/c23-17-4-2-13-11-14(1-3-16(13)20-17)18(24)21-8-5-15(6-9-21)22-10-7-19-12-22/h1,3,7,10-12,15H,2,4-6,8-9H2,(H,20,23). The Labute approximate surface area is 140 Å². The fourth-order valence-electron chi connectivity index (χ4n) is 3.55. The molecule has 2 aliphatic rings. The number of piperidine rings is 1. The van der Waals surface area contributed by atoms with Gasteiger partial charge in [0.15, 0.2) is 0 Å². The molecule has 124 valence electrons. The van der Waals surface area contributed by atoms with E-state index in [-0.39, 0.29) is 11.8 Å². The van der Waals surface area contributed by atoms with Gasteiger partial charge in [-0.1, -0.05) is 0 Å². The lowest BCUT2D eigenvalue weighted by atomic mass is 9.99. The van der Waals surface area contributed by atoms with Crippen molar-refractivity contribution in [1.82, 2.24) is 14.5 Å². The van der Waals surface area contributed by atoms with Gasteiger partial charge >= 0.3 is 0 Å². The van der Waals surface area contributed by atoms with Crippen LogP contribution in [0.3, 0.4) is 0 Å². The Morgan fingerprint density at radius 3 is 2.79 bits per heavy atom. The molecule has 6 nitrogen and oxygen atoms in total. The summed E-state index contributed by atoms with van der Waals surface area (Å²) in [7, 11) is 0. The maximum atomic E-state index is 12.8. The molecule has 24 heavy (non-hydrogen) atoms. The number of likely N-dealkylation sites (tertiary alicyclic amines) is 1. The average Bonchev–Trinajstić information content (AvgIpc) is 3.15. The van der Waals surface area contributed by atoms with Crippen LogP contribution in [0.4, 0.5) is 5.69 Å². The van der Waals surface area contributed by atoms with Gasteiger partial charge in [-0.05, 0) is 43.0 Å². The Kier molecular flexibility index (Phi) is 3.80. The second-order valence-corrected chi connectivity index (χ2v) is 6.45. The van der Waals surface area contributed by atoms with E-state index in [0.29, 0.717) is 24.4 Å². The number of anilines is 1. The van der Waals surface area contributed by atoms with Gasteiger partial charge in [-0.25, -0.2) is 4.98 Å². The molecule has 1 fully saturated rings. The van der Waals surface area contributed by atoms with E-state index in [2.05, 4.69) is 14.9 Å². The van der Waals surface area contributed by atoms with Crippen LogP contribution >= 0.6 is 0 Å². The molecule has 0 bridgehead atoms. The first kappa shape index (κ1) is 14.9. The number of hydrogen-bond donors (Lipinski definition) is 1. The zero-order valence-electron chi connectivity index (χ0n) is 13.4. The number of fused-ring (bicyclic) bond motifs is 1. The van der Waals surface area contributed by atoms with Gasteiger partial charge in [0.25, 0.3) is 5.91 Å². The highest BCUT2D eigenvalue weighted by molar-refractivity contribution is 5.98. The van der Waals surface area contributed by atoms with Crippen LogP contribution in [0.15, 0.2) is 36.9 Å². The van der Waals surface area contributed by atoms with E-state index in [4.69, 9.17) is 0 Å². The molecule has 0 radical (unpaired) electrons. The van der Waals surface area contributed by atoms with Crippen molar-refractivity contribution in [2.75, 3.05) is 18.4 Å². The number of aryl methyl sites for hydroxylation is 1. The van der Waals surface area contributed by atoms with Crippen molar-refractivity contribution in [3.8, 4) is 0 Å². The van der Waals surface area contributed by atoms with Crippen molar-refractivity contribution in [2.45, 2.75) is 31.7 Å². The first-order chi connectivity index (χ1) is 11.7. The van der Waals surface area contributed by atoms with E-state index in [0.717, 1.165) is 37.2 Å². The highest BCUT2D eigenvalue weighted by Crippen LogP contribution is 2.26. The summed E-state index contributed by atoms with van der Waals surface area (Å²) < 4.78 is 2.13. The van der Waals surface area contributed by atoms with Gasteiger partial charge in [-0.3, -0.25) is 9.59 Å². The van der Waals surface area contributed by atoms with Gasteiger partial charge in [0, 0.05) is 49.2 Å². The topological polar surface area (TPSA) is 67.2 Å². The lowest BCUT2D eigenvalue weighted by Gasteiger charge is -2.32. The van der Waals surface area contributed by atoms with E-state index >= 15 is 0 Å². The molecule has 3 heterocycles. The summed E-state index contributed by atoms with van der Waals surface area (Å²) in [6.45, 7) is 1.52. The Morgan fingerprint density at radius 2 is 2.04 bits per heavy atom. The maximum Gasteiger partial charge on any atom is 0.253 e. The molecule has 0 atom stereocenters. The van der Waals surface area contributed by atoms with Crippen LogP contribution in [0, 0.1) is 0 Å². The van der Waals surface area contributed by atoms with Crippen LogP contribution < -0.4 is 5.32 Å². The molecule has 4 rings (SSSR count). The highest BCUT2D eigenvalue weighted by Gasteiger charge is 2.25. The van der Waals surface area contributed by atoms with Crippen LogP contribution in [0.2, 0.25) is 0 Å². The third-order valence-electron chi connectivity index (χ3n) is 4.95. The molecule has 6 heteroatoms. The second kappa shape index (κ2) is 6.11. The average molecular weight is 324 g/mol. The van der Waals surface area contributed by atoms with Crippen molar-refractivity contribution in [3.05, 3.63) is 48.0 Å². The highest BCUT2D eigenvalue weighted by atomic mass is 16.2. The Hall–Kier alpha value is -2.63. The number of hydrogen-bond acceptors (Lipinski definition) is 3. The molecule has 1 N–H and O–H groups in total. The smallest absolute Gasteiger partial charge is 0.253 e. The molecule has 1 aromatic heterocycles. The third-order valence-corrected chi connectivity index (χ3v) is 4.95. The Balaban J connectivity index is 1.44. The third kappa shape index (κ3) is 2.79. The molecule has 2 aromatic rings. The van der Waals surface area contributed by atoms with Crippen molar-refractivity contribution in [3.63, 3.8) is 0 Å². The number of aromatic nitrogens is 2. The fraction of sp³-hybridized carbons (Fsp3) is 0.389. The SMILES string of the molecule is O=C1CCc2cc(C(=O)N3CCC(n4ccnc4)CC3)ccc2N1. The van der Waals surface area contributed by atoms with Gasteiger partial charge in [-0.2, -0.15) is 0 Å². The van der Waals surface area contributed by atoms with Gasteiger partial charge in [0.05, 0.1) is 6.33 Å². The Bertz CT molecular complexity index is 761. The first-order valence-corrected chi connectivity index (χ1v) is 8.40. The molecule has 1 aromatic carbocycles. The molecule has 0 unspecified atom stereocenters. The lowest BCUT2D eigenvalue weighted by molar-refractivity contribution is -0.116. The molecule has 2 amide bonds. The summed E-state index contributed by atoms with van der Waals surface area (Å²) in [5, 5.41) is 2.85. The minimum atomic E-state index is 0.0446. The van der Waals surface area contributed by atoms with Crippen molar-refractivity contribution in [2.24, 2.45) is 0 Å². The summed E-state index contributed by atoms with van der Waals surface area (Å²) in [5.74, 6) is 0.127. The number of carbonyl (C=O) groups excluding carboxylic acids is 2. The summed E-state index contributed by atoms with van der Waals surface area (Å²) in [6.07, 6.45) is 8.71. The minimum absolute atomic E-state index is 0.0446.